The Morgan fingerprint density at radius 2 is 1.75 bits per heavy atom. The van der Waals surface area contributed by atoms with E-state index < -0.39 is 11.6 Å². The highest BCUT2D eigenvalue weighted by atomic mass is 79.9. The van der Waals surface area contributed by atoms with Crippen molar-refractivity contribution in [3.63, 3.8) is 0 Å². The number of nitrogens with zero attached hydrogens (tertiary/aromatic N) is 3. The second-order valence-corrected chi connectivity index (χ2v) is 10.2. The van der Waals surface area contributed by atoms with E-state index in [1.807, 2.05) is 32.9 Å². The molecule has 0 spiro atoms. The summed E-state index contributed by atoms with van der Waals surface area (Å²) in [7, 11) is 6.24. The van der Waals surface area contributed by atoms with Crippen LogP contribution in [0.3, 0.4) is 0 Å². The molecular formula is C21H26BrN3O6S. The topological polar surface area (TPSA) is 94.8 Å². The molecule has 0 saturated carbocycles. The zero-order chi connectivity index (χ0) is 23.8. The lowest BCUT2D eigenvalue weighted by Crippen LogP contribution is -2.45. The zero-order valence-electron chi connectivity index (χ0n) is 19.0. The molecular weight excluding hydrogens is 502 g/mol. The van der Waals surface area contributed by atoms with Gasteiger partial charge in [-0.05, 0) is 54.4 Å². The van der Waals surface area contributed by atoms with Gasteiger partial charge in [-0.25, -0.2) is 9.31 Å². The Hall–Kier alpha value is -2.50. The Bertz CT molecular complexity index is 1130. The number of hydrogen-bond acceptors (Lipinski definition) is 7. The Morgan fingerprint density at radius 3 is 2.19 bits per heavy atom. The number of rotatable bonds is 7. The Balaban J connectivity index is 2.37. The number of ether oxygens (including phenoxy) is 4. The van der Waals surface area contributed by atoms with Gasteiger partial charge < -0.3 is 24.1 Å². The molecule has 174 valence electrons. The van der Waals surface area contributed by atoms with Gasteiger partial charge in [0.05, 0.1) is 37.3 Å². The van der Waals surface area contributed by atoms with Crippen molar-refractivity contribution in [1.29, 1.82) is 0 Å². The van der Waals surface area contributed by atoms with E-state index in [4.69, 9.17) is 18.9 Å². The third-order valence-electron chi connectivity index (χ3n) is 4.77. The van der Waals surface area contributed by atoms with Crippen molar-refractivity contribution in [3.05, 3.63) is 21.5 Å². The maximum atomic E-state index is 12.2. The van der Waals surface area contributed by atoms with Crippen LogP contribution < -0.4 is 19.1 Å². The summed E-state index contributed by atoms with van der Waals surface area (Å²) in [5.74, 6) is 1.34. The highest BCUT2D eigenvalue weighted by molar-refractivity contribution is 9.11. The molecule has 0 atom stereocenters. The SMILES string of the molecule is COCc1cc(OC)c(-c2c(Br)sc3c(N(C(=O)O)C(C)(C)C)c(OC)nn23)c(OC)c1. The minimum atomic E-state index is -1.10. The van der Waals surface area contributed by atoms with Crippen LogP contribution in [0.4, 0.5) is 10.5 Å². The first kappa shape index (κ1) is 24.1. The average Bonchev–Trinajstić information content (AvgIpc) is 3.21. The van der Waals surface area contributed by atoms with Crippen LogP contribution in [-0.2, 0) is 11.3 Å². The Morgan fingerprint density at radius 1 is 1.16 bits per heavy atom. The van der Waals surface area contributed by atoms with Crippen molar-refractivity contribution in [2.45, 2.75) is 32.9 Å². The van der Waals surface area contributed by atoms with Gasteiger partial charge in [0, 0.05) is 12.6 Å². The van der Waals surface area contributed by atoms with Crippen LogP contribution in [0.1, 0.15) is 26.3 Å². The number of benzene rings is 1. The van der Waals surface area contributed by atoms with E-state index in [9.17, 15) is 9.90 Å². The molecule has 0 unspecified atom stereocenters. The molecule has 0 aliphatic carbocycles. The van der Waals surface area contributed by atoms with E-state index in [1.54, 1.807) is 25.8 Å². The van der Waals surface area contributed by atoms with Crippen LogP contribution in [0.2, 0.25) is 0 Å². The standard InChI is InChI=1S/C21H26BrN3O6S/c1-21(2,3)24(20(26)27)16-18(31-7)23-25-15(17(22)32-19(16)25)14-12(29-5)8-11(10-28-4)9-13(14)30-6/h8-9H,10H2,1-7H3,(H,26,27). The fourth-order valence-electron chi connectivity index (χ4n) is 3.54. The largest absolute Gasteiger partial charge is 0.496 e. The van der Waals surface area contributed by atoms with Crippen molar-refractivity contribution in [2.24, 2.45) is 0 Å². The predicted molar refractivity (Wildman–Crippen MR) is 127 cm³/mol. The van der Waals surface area contributed by atoms with Crippen molar-refractivity contribution < 1.29 is 28.8 Å². The molecule has 2 heterocycles. The van der Waals surface area contributed by atoms with E-state index in [2.05, 4.69) is 21.0 Å². The lowest BCUT2D eigenvalue weighted by atomic mass is 10.1. The van der Waals surface area contributed by atoms with Crippen LogP contribution in [-0.4, -0.2) is 54.8 Å². The molecule has 0 saturated heterocycles. The van der Waals surface area contributed by atoms with E-state index in [0.717, 1.165) is 9.35 Å². The maximum Gasteiger partial charge on any atom is 0.412 e. The van der Waals surface area contributed by atoms with Crippen molar-refractivity contribution in [3.8, 4) is 28.6 Å². The molecule has 3 rings (SSSR count). The van der Waals surface area contributed by atoms with E-state index in [-0.39, 0.29) is 5.88 Å². The van der Waals surface area contributed by atoms with Crippen molar-refractivity contribution in [1.82, 2.24) is 9.61 Å². The highest BCUT2D eigenvalue weighted by Crippen LogP contribution is 2.49. The summed E-state index contributed by atoms with van der Waals surface area (Å²) in [4.78, 5) is 14.1. The molecule has 32 heavy (non-hydrogen) atoms. The second-order valence-electron chi connectivity index (χ2n) is 7.90. The highest BCUT2D eigenvalue weighted by Gasteiger charge is 2.36. The third-order valence-corrected chi connectivity index (χ3v) is 6.56. The molecule has 1 amide bonds. The molecule has 0 bridgehead atoms. The molecule has 11 heteroatoms. The van der Waals surface area contributed by atoms with Gasteiger partial charge in [0.25, 0.3) is 5.88 Å². The van der Waals surface area contributed by atoms with Crippen molar-refractivity contribution in [2.75, 3.05) is 33.3 Å². The average molecular weight is 528 g/mol. The summed E-state index contributed by atoms with van der Waals surface area (Å²) in [5.41, 5.74) is 1.86. The number of halogens is 1. The summed E-state index contributed by atoms with van der Waals surface area (Å²) in [6.07, 6.45) is -1.10. The molecule has 1 N–H and O–H groups in total. The molecule has 9 nitrogen and oxygen atoms in total. The number of carboxylic acid groups (broad SMARTS) is 1. The minimum absolute atomic E-state index is 0.205. The lowest BCUT2D eigenvalue weighted by molar-refractivity contribution is 0.184. The summed E-state index contributed by atoms with van der Waals surface area (Å²) in [6.45, 7) is 5.84. The number of amides is 1. The van der Waals surface area contributed by atoms with E-state index >= 15 is 0 Å². The summed E-state index contributed by atoms with van der Waals surface area (Å²) < 4.78 is 24.5. The first-order valence-corrected chi connectivity index (χ1v) is 11.2. The van der Waals surface area contributed by atoms with Crippen LogP contribution >= 0.6 is 27.3 Å². The summed E-state index contributed by atoms with van der Waals surface area (Å²) >= 11 is 4.98. The molecule has 0 fully saturated rings. The van der Waals surface area contributed by atoms with Gasteiger partial charge in [0.2, 0.25) is 0 Å². The van der Waals surface area contributed by atoms with Gasteiger partial charge in [0.15, 0.2) is 0 Å². The number of fused-ring (bicyclic) bond motifs is 1. The quantitative estimate of drug-likeness (QED) is 0.446. The normalized spacial score (nSPS) is 11.6. The maximum absolute atomic E-state index is 12.2. The fourth-order valence-corrected chi connectivity index (χ4v) is 5.31. The molecule has 3 aromatic rings. The number of aromatic nitrogens is 2. The van der Waals surface area contributed by atoms with E-state index in [1.165, 1.54) is 23.3 Å². The molecule has 0 aliphatic heterocycles. The lowest BCUT2D eigenvalue weighted by Gasteiger charge is -2.32. The first-order chi connectivity index (χ1) is 15.1. The number of carbonyl (C=O) groups is 1. The predicted octanol–water partition coefficient (Wildman–Crippen LogP) is 5.28. The summed E-state index contributed by atoms with van der Waals surface area (Å²) in [5, 5.41) is 14.6. The van der Waals surface area contributed by atoms with Crippen LogP contribution in [0, 0.1) is 0 Å². The number of anilines is 1. The fraction of sp³-hybridized carbons (Fsp3) is 0.429. The Labute approximate surface area is 198 Å². The van der Waals surface area contributed by atoms with Gasteiger partial charge in [-0.3, -0.25) is 4.90 Å². The van der Waals surface area contributed by atoms with Gasteiger partial charge in [-0.1, -0.05) is 0 Å². The second kappa shape index (κ2) is 9.16. The number of methoxy groups -OCH3 is 4. The van der Waals surface area contributed by atoms with Gasteiger partial charge in [-0.2, -0.15) is 0 Å². The Kier molecular flexibility index (Phi) is 6.91. The van der Waals surface area contributed by atoms with Gasteiger partial charge in [0.1, 0.15) is 27.7 Å². The zero-order valence-corrected chi connectivity index (χ0v) is 21.4. The minimum Gasteiger partial charge on any atom is -0.496 e. The third kappa shape index (κ3) is 4.12. The van der Waals surface area contributed by atoms with Gasteiger partial charge in [-0.15, -0.1) is 16.4 Å². The molecule has 2 aromatic heterocycles. The smallest absolute Gasteiger partial charge is 0.412 e. The number of hydrogen-bond donors (Lipinski definition) is 1. The van der Waals surface area contributed by atoms with Crippen LogP contribution in [0.15, 0.2) is 15.9 Å². The van der Waals surface area contributed by atoms with E-state index in [0.29, 0.717) is 39.9 Å². The van der Waals surface area contributed by atoms with Gasteiger partial charge >= 0.3 is 6.09 Å². The van der Waals surface area contributed by atoms with Crippen LogP contribution in [0.25, 0.3) is 16.1 Å². The van der Waals surface area contributed by atoms with Crippen molar-refractivity contribution >= 4 is 43.9 Å². The van der Waals surface area contributed by atoms with Crippen LogP contribution in [0.5, 0.6) is 17.4 Å². The molecule has 1 aromatic carbocycles. The summed E-state index contributed by atoms with van der Waals surface area (Å²) in [6, 6.07) is 3.75. The number of thiazole rings is 1. The molecule has 0 radical (unpaired) electrons. The first-order valence-electron chi connectivity index (χ1n) is 9.61. The monoisotopic (exact) mass is 527 g/mol. The molecule has 0 aliphatic rings.